The van der Waals surface area contributed by atoms with Crippen molar-refractivity contribution in [3.05, 3.63) is 17.7 Å². The molecule has 1 aromatic carbocycles. The number of esters is 1. The van der Waals surface area contributed by atoms with Gasteiger partial charge in [0.05, 0.1) is 20.3 Å². The summed E-state index contributed by atoms with van der Waals surface area (Å²) in [7, 11) is 1.48. The summed E-state index contributed by atoms with van der Waals surface area (Å²) in [5.41, 5.74) is -0.314. The van der Waals surface area contributed by atoms with Crippen LogP contribution >= 0.6 is 0 Å². The average Bonchev–Trinajstić information content (AvgIpc) is 2.62. The number of carbonyl (C=O) groups is 2. The molecule has 1 N–H and O–H groups in total. The first kappa shape index (κ1) is 23.0. The highest BCUT2D eigenvalue weighted by Gasteiger charge is 2.31. The van der Waals surface area contributed by atoms with Gasteiger partial charge in [-0.15, -0.1) is 0 Å². The van der Waals surface area contributed by atoms with Gasteiger partial charge in [0.15, 0.2) is 0 Å². The Labute approximate surface area is 173 Å². The van der Waals surface area contributed by atoms with Crippen LogP contribution in [0.1, 0.15) is 76.6 Å². The van der Waals surface area contributed by atoms with E-state index in [2.05, 4.69) is 13.8 Å². The van der Waals surface area contributed by atoms with Crippen molar-refractivity contribution in [1.29, 1.82) is 0 Å². The lowest BCUT2D eigenvalue weighted by Crippen LogP contribution is -2.29. The summed E-state index contributed by atoms with van der Waals surface area (Å²) < 4.78 is 16.5. The highest BCUT2D eigenvalue weighted by molar-refractivity contribution is 5.96. The second-order valence-corrected chi connectivity index (χ2v) is 9.45. The largest absolute Gasteiger partial charge is 0.507 e. The first-order chi connectivity index (χ1) is 13.5. The van der Waals surface area contributed by atoms with Gasteiger partial charge in [0.25, 0.3) is 0 Å². The monoisotopic (exact) mass is 406 g/mol. The SMILES string of the molecule is COc1cc(O)c2c(c1)OCCCCC(=O)CCC(C)(C)CC(C)(C)COC2=O. The molecular formula is C23H34O6. The van der Waals surface area contributed by atoms with Gasteiger partial charge in [-0.2, -0.15) is 0 Å². The Morgan fingerprint density at radius 2 is 1.72 bits per heavy atom. The number of cyclic esters (lactones) is 1. The third-order valence-corrected chi connectivity index (χ3v) is 5.23. The van der Waals surface area contributed by atoms with E-state index in [9.17, 15) is 14.7 Å². The van der Waals surface area contributed by atoms with Crippen molar-refractivity contribution in [3.8, 4) is 17.2 Å². The van der Waals surface area contributed by atoms with Gasteiger partial charge >= 0.3 is 5.97 Å². The van der Waals surface area contributed by atoms with Crippen molar-refractivity contribution in [2.45, 2.75) is 66.2 Å². The van der Waals surface area contributed by atoms with Crippen LogP contribution < -0.4 is 9.47 Å². The molecule has 0 aromatic heterocycles. The van der Waals surface area contributed by atoms with Gasteiger partial charge < -0.3 is 19.3 Å². The lowest BCUT2D eigenvalue weighted by atomic mass is 9.73. The fourth-order valence-corrected chi connectivity index (χ4v) is 3.99. The van der Waals surface area contributed by atoms with Crippen LogP contribution in [0.25, 0.3) is 0 Å². The van der Waals surface area contributed by atoms with Crippen LogP contribution in [0.5, 0.6) is 17.2 Å². The molecular weight excluding hydrogens is 372 g/mol. The minimum Gasteiger partial charge on any atom is -0.507 e. The van der Waals surface area contributed by atoms with Crippen LogP contribution in [0.2, 0.25) is 0 Å². The lowest BCUT2D eigenvalue weighted by molar-refractivity contribution is -0.119. The van der Waals surface area contributed by atoms with E-state index in [0.717, 1.165) is 19.3 Å². The number of Topliss-reactive ketones (excluding diaryl/α,β-unsaturated/α-hetero) is 1. The Kier molecular flexibility index (Phi) is 7.55. The molecule has 2 rings (SSSR count). The molecule has 0 saturated heterocycles. The Balaban J connectivity index is 2.29. The smallest absolute Gasteiger partial charge is 0.345 e. The summed E-state index contributed by atoms with van der Waals surface area (Å²) in [5, 5.41) is 10.4. The molecule has 0 bridgehead atoms. The molecule has 1 aliphatic heterocycles. The predicted molar refractivity (Wildman–Crippen MR) is 111 cm³/mol. The Bertz CT molecular complexity index is 735. The first-order valence-electron chi connectivity index (χ1n) is 10.3. The molecule has 0 radical (unpaired) electrons. The molecule has 0 atom stereocenters. The Morgan fingerprint density at radius 1 is 1.00 bits per heavy atom. The quantitative estimate of drug-likeness (QED) is 0.667. The molecule has 0 unspecified atom stereocenters. The van der Waals surface area contributed by atoms with Crippen LogP contribution in [-0.4, -0.2) is 37.2 Å². The summed E-state index contributed by atoms with van der Waals surface area (Å²) in [5.74, 6) is 0.0327. The molecule has 29 heavy (non-hydrogen) atoms. The van der Waals surface area contributed by atoms with Crippen LogP contribution in [0.3, 0.4) is 0 Å². The maximum absolute atomic E-state index is 12.8. The summed E-state index contributed by atoms with van der Waals surface area (Å²) in [4.78, 5) is 25.0. The number of phenols is 1. The maximum atomic E-state index is 12.8. The fraction of sp³-hybridized carbons (Fsp3) is 0.652. The van der Waals surface area contributed by atoms with E-state index < -0.39 is 5.97 Å². The molecule has 0 fully saturated rings. The van der Waals surface area contributed by atoms with Crippen molar-refractivity contribution >= 4 is 11.8 Å². The molecule has 0 saturated carbocycles. The molecule has 1 heterocycles. The van der Waals surface area contributed by atoms with E-state index in [4.69, 9.17) is 14.2 Å². The zero-order chi connectivity index (χ0) is 21.7. The van der Waals surface area contributed by atoms with Gasteiger partial charge in [-0.05, 0) is 36.5 Å². The van der Waals surface area contributed by atoms with Gasteiger partial charge in [-0.3, -0.25) is 4.79 Å². The van der Waals surface area contributed by atoms with Crippen molar-refractivity contribution in [1.82, 2.24) is 0 Å². The normalized spacial score (nSPS) is 20.9. The zero-order valence-electron chi connectivity index (χ0n) is 18.3. The summed E-state index contributed by atoms with van der Waals surface area (Å²) in [6, 6.07) is 2.94. The van der Waals surface area contributed by atoms with Crippen molar-refractivity contribution in [3.63, 3.8) is 0 Å². The first-order valence-corrected chi connectivity index (χ1v) is 10.3. The second kappa shape index (κ2) is 9.51. The van der Waals surface area contributed by atoms with Gasteiger partial charge in [-0.1, -0.05) is 27.7 Å². The molecule has 1 aliphatic rings. The Hall–Kier alpha value is -2.24. The van der Waals surface area contributed by atoms with Gasteiger partial charge in [0, 0.05) is 25.0 Å². The van der Waals surface area contributed by atoms with Crippen molar-refractivity contribution < 1.29 is 28.9 Å². The highest BCUT2D eigenvalue weighted by Crippen LogP contribution is 2.39. The lowest BCUT2D eigenvalue weighted by Gasteiger charge is -2.34. The number of aromatic hydroxyl groups is 1. The number of benzene rings is 1. The molecule has 6 nitrogen and oxygen atoms in total. The molecule has 0 aliphatic carbocycles. The number of hydrogen-bond acceptors (Lipinski definition) is 6. The van der Waals surface area contributed by atoms with E-state index >= 15 is 0 Å². The van der Waals surface area contributed by atoms with Crippen LogP contribution in [0.15, 0.2) is 12.1 Å². The van der Waals surface area contributed by atoms with Crippen LogP contribution in [0, 0.1) is 10.8 Å². The number of fused-ring (bicyclic) bond motifs is 1. The molecule has 0 spiro atoms. The minimum atomic E-state index is -0.617. The maximum Gasteiger partial charge on any atom is 0.345 e. The van der Waals surface area contributed by atoms with Crippen molar-refractivity contribution in [2.75, 3.05) is 20.3 Å². The fourth-order valence-electron chi connectivity index (χ4n) is 3.99. The number of hydrogen-bond donors (Lipinski definition) is 1. The number of phenolic OH excluding ortho intramolecular Hbond substituents is 1. The summed E-state index contributed by atoms with van der Waals surface area (Å²) in [6.45, 7) is 8.91. The standard InChI is InChI=1S/C23H34O6/c1-22(2)10-9-16(24)8-6-7-11-28-19-13-17(27-5)12-18(25)20(19)21(26)29-15-23(3,4)14-22/h12-13,25H,6-11,14-15H2,1-5H3. The Morgan fingerprint density at radius 3 is 2.41 bits per heavy atom. The predicted octanol–water partition coefficient (Wildman–Crippen LogP) is 4.91. The topological polar surface area (TPSA) is 82.1 Å². The van der Waals surface area contributed by atoms with Crippen molar-refractivity contribution in [2.24, 2.45) is 10.8 Å². The molecule has 6 heteroatoms. The van der Waals surface area contributed by atoms with Crippen LogP contribution in [-0.2, 0) is 9.53 Å². The van der Waals surface area contributed by atoms with Gasteiger partial charge in [-0.25, -0.2) is 4.79 Å². The second-order valence-electron chi connectivity index (χ2n) is 9.45. The zero-order valence-corrected chi connectivity index (χ0v) is 18.3. The minimum absolute atomic E-state index is 0.00373. The third-order valence-electron chi connectivity index (χ3n) is 5.23. The summed E-state index contributed by atoms with van der Waals surface area (Å²) in [6.07, 6.45) is 4.11. The van der Waals surface area contributed by atoms with E-state index in [-0.39, 0.29) is 40.3 Å². The summed E-state index contributed by atoms with van der Waals surface area (Å²) >= 11 is 0. The number of methoxy groups -OCH3 is 1. The van der Waals surface area contributed by atoms with Gasteiger partial charge in [0.2, 0.25) is 0 Å². The van der Waals surface area contributed by atoms with E-state index in [1.807, 2.05) is 13.8 Å². The number of ketones is 1. The number of ether oxygens (including phenoxy) is 3. The number of rotatable bonds is 1. The van der Waals surface area contributed by atoms with Gasteiger partial charge in [0.1, 0.15) is 28.6 Å². The van der Waals surface area contributed by atoms with E-state index in [1.165, 1.54) is 13.2 Å². The van der Waals surface area contributed by atoms with E-state index in [0.29, 0.717) is 31.6 Å². The number of carbonyl (C=O) groups excluding carboxylic acids is 2. The highest BCUT2D eigenvalue weighted by atomic mass is 16.5. The van der Waals surface area contributed by atoms with E-state index in [1.54, 1.807) is 6.07 Å². The van der Waals surface area contributed by atoms with Crippen LogP contribution in [0.4, 0.5) is 0 Å². The third kappa shape index (κ3) is 6.94. The molecule has 0 amide bonds. The molecule has 1 aromatic rings. The molecule has 162 valence electrons. The average molecular weight is 407 g/mol.